The highest BCUT2D eigenvalue weighted by molar-refractivity contribution is 5.98. The molecule has 3 rings (SSSR count). The molecular formula is C21H34N4O3. The number of fused-ring (bicyclic) bond motifs is 1. The number of carbonyl (C=O) groups is 1. The van der Waals surface area contributed by atoms with Crippen molar-refractivity contribution in [3.05, 3.63) is 27.7 Å². The summed E-state index contributed by atoms with van der Waals surface area (Å²) in [5.74, 6) is 1.06. The van der Waals surface area contributed by atoms with Gasteiger partial charge in [-0.25, -0.2) is 0 Å². The van der Waals surface area contributed by atoms with Crippen LogP contribution in [0.2, 0.25) is 0 Å². The summed E-state index contributed by atoms with van der Waals surface area (Å²) >= 11 is 0. The summed E-state index contributed by atoms with van der Waals surface area (Å²) in [6, 6.07) is 1.48. The topological polar surface area (TPSA) is 58.0 Å². The standard InChI is InChI=1S/C21H34N4O3/c1-16(2)5-7-23-8-6-17-20(21(27)24-12-9-22(3)10-13-24)18(28-4)15-19(26)25(17)14-11-23/h15-16H,5-14H2,1-4H3. The minimum absolute atomic E-state index is 0.00988. The van der Waals surface area contributed by atoms with Crippen molar-refractivity contribution in [3.63, 3.8) is 0 Å². The number of carbonyl (C=O) groups excluding carboxylic acids is 1. The smallest absolute Gasteiger partial charge is 0.259 e. The third-order valence-corrected chi connectivity index (χ3v) is 5.93. The molecular weight excluding hydrogens is 356 g/mol. The molecule has 0 unspecified atom stereocenters. The normalized spacial score (nSPS) is 18.8. The second kappa shape index (κ2) is 9.09. The molecule has 7 heteroatoms. The van der Waals surface area contributed by atoms with Gasteiger partial charge in [-0.1, -0.05) is 13.8 Å². The fourth-order valence-electron chi connectivity index (χ4n) is 4.02. The Morgan fingerprint density at radius 2 is 1.82 bits per heavy atom. The molecule has 0 atom stereocenters. The van der Waals surface area contributed by atoms with E-state index in [0.29, 0.717) is 43.3 Å². The Bertz CT molecular complexity index is 751. The molecule has 3 heterocycles. The molecule has 0 N–H and O–H groups in total. The summed E-state index contributed by atoms with van der Waals surface area (Å²) in [4.78, 5) is 32.6. The van der Waals surface area contributed by atoms with Gasteiger partial charge < -0.3 is 24.0 Å². The monoisotopic (exact) mass is 390 g/mol. The van der Waals surface area contributed by atoms with Crippen molar-refractivity contribution < 1.29 is 9.53 Å². The Kier molecular flexibility index (Phi) is 6.78. The van der Waals surface area contributed by atoms with Gasteiger partial charge in [-0.05, 0) is 25.9 Å². The van der Waals surface area contributed by atoms with Crippen LogP contribution in [0.4, 0.5) is 0 Å². The summed E-state index contributed by atoms with van der Waals surface area (Å²) in [6.07, 6.45) is 1.83. The van der Waals surface area contributed by atoms with Gasteiger partial charge >= 0.3 is 0 Å². The van der Waals surface area contributed by atoms with Crippen molar-refractivity contribution in [2.75, 3.05) is 60.0 Å². The van der Waals surface area contributed by atoms with E-state index in [2.05, 4.69) is 30.7 Å². The molecule has 1 amide bonds. The quantitative estimate of drug-likeness (QED) is 0.755. The summed E-state index contributed by atoms with van der Waals surface area (Å²) in [5.41, 5.74) is 1.34. The molecule has 1 saturated heterocycles. The molecule has 7 nitrogen and oxygen atoms in total. The number of methoxy groups -OCH3 is 1. The van der Waals surface area contributed by atoms with Gasteiger partial charge in [0.1, 0.15) is 11.3 Å². The molecule has 2 aliphatic heterocycles. The van der Waals surface area contributed by atoms with Gasteiger partial charge in [0.15, 0.2) is 0 Å². The molecule has 0 saturated carbocycles. The third-order valence-electron chi connectivity index (χ3n) is 5.93. The Balaban J connectivity index is 1.89. The third kappa shape index (κ3) is 4.58. The number of likely N-dealkylation sites (N-methyl/N-ethyl adjacent to an activating group) is 1. The number of amides is 1. The maximum Gasteiger partial charge on any atom is 0.259 e. The van der Waals surface area contributed by atoms with Crippen LogP contribution in [0.15, 0.2) is 10.9 Å². The average Bonchev–Trinajstić information content (AvgIpc) is 2.89. The van der Waals surface area contributed by atoms with Crippen LogP contribution in [-0.4, -0.2) is 85.1 Å². The lowest BCUT2D eigenvalue weighted by atomic mass is 10.1. The molecule has 1 aromatic heterocycles. The Morgan fingerprint density at radius 1 is 1.11 bits per heavy atom. The highest BCUT2D eigenvalue weighted by Crippen LogP contribution is 2.25. The SMILES string of the molecule is COc1cc(=O)n2c(c1C(=O)N1CCN(C)CC1)CCN(CCC(C)C)CC2. The van der Waals surface area contributed by atoms with Crippen LogP contribution in [-0.2, 0) is 13.0 Å². The lowest BCUT2D eigenvalue weighted by molar-refractivity contribution is 0.0658. The van der Waals surface area contributed by atoms with Crippen molar-refractivity contribution in [3.8, 4) is 5.75 Å². The van der Waals surface area contributed by atoms with Gasteiger partial charge in [0.25, 0.3) is 11.5 Å². The van der Waals surface area contributed by atoms with Crippen molar-refractivity contribution in [2.45, 2.75) is 33.2 Å². The Hall–Kier alpha value is -1.86. The molecule has 0 aromatic carbocycles. The zero-order valence-corrected chi connectivity index (χ0v) is 17.7. The van der Waals surface area contributed by atoms with Crippen LogP contribution in [0.1, 0.15) is 36.3 Å². The van der Waals surface area contributed by atoms with E-state index in [-0.39, 0.29) is 11.5 Å². The van der Waals surface area contributed by atoms with E-state index < -0.39 is 0 Å². The zero-order chi connectivity index (χ0) is 20.3. The van der Waals surface area contributed by atoms with Crippen LogP contribution in [0.3, 0.4) is 0 Å². The fraction of sp³-hybridized carbons (Fsp3) is 0.714. The van der Waals surface area contributed by atoms with Gasteiger partial charge in [0.2, 0.25) is 0 Å². The second-order valence-corrected chi connectivity index (χ2v) is 8.39. The number of pyridine rings is 1. The number of hydrogen-bond acceptors (Lipinski definition) is 5. The highest BCUT2D eigenvalue weighted by Gasteiger charge is 2.29. The largest absolute Gasteiger partial charge is 0.496 e. The molecule has 1 fully saturated rings. The van der Waals surface area contributed by atoms with E-state index in [0.717, 1.165) is 44.8 Å². The number of aromatic nitrogens is 1. The minimum atomic E-state index is -0.0764. The Labute approximate surface area is 167 Å². The maximum absolute atomic E-state index is 13.4. The molecule has 0 spiro atoms. The van der Waals surface area contributed by atoms with E-state index in [1.54, 1.807) is 4.57 Å². The van der Waals surface area contributed by atoms with E-state index in [1.165, 1.54) is 13.2 Å². The first-order valence-electron chi connectivity index (χ1n) is 10.4. The van der Waals surface area contributed by atoms with Crippen molar-refractivity contribution >= 4 is 5.91 Å². The van der Waals surface area contributed by atoms with Crippen LogP contribution in [0.25, 0.3) is 0 Å². The van der Waals surface area contributed by atoms with Crippen LogP contribution < -0.4 is 10.3 Å². The molecule has 0 bridgehead atoms. The van der Waals surface area contributed by atoms with E-state index in [9.17, 15) is 9.59 Å². The van der Waals surface area contributed by atoms with Gasteiger partial charge in [-0.15, -0.1) is 0 Å². The molecule has 1 aromatic rings. The van der Waals surface area contributed by atoms with Crippen molar-refractivity contribution in [2.24, 2.45) is 5.92 Å². The number of hydrogen-bond donors (Lipinski definition) is 0. The van der Waals surface area contributed by atoms with Crippen LogP contribution >= 0.6 is 0 Å². The minimum Gasteiger partial charge on any atom is -0.496 e. The number of nitrogens with zero attached hydrogens (tertiary/aromatic N) is 4. The summed E-state index contributed by atoms with van der Waals surface area (Å²) in [5, 5.41) is 0. The van der Waals surface area contributed by atoms with E-state index in [4.69, 9.17) is 4.74 Å². The molecule has 2 aliphatic rings. The zero-order valence-electron chi connectivity index (χ0n) is 17.7. The first-order chi connectivity index (χ1) is 13.4. The van der Waals surface area contributed by atoms with Gasteiger partial charge in [-0.2, -0.15) is 0 Å². The Morgan fingerprint density at radius 3 is 2.46 bits per heavy atom. The lowest BCUT2D eigenvalue weighted by Crippen LogP contribution is -2.47. The van der Waals surface area contributed by atoms with Crippen molar-refractivity contribution in [1.82, 2.24) is 19.3 Å². The summed E-state index contributed by atoms with van der Waals surface area (Å²) in [6.45, 7) is 11.0. The first kappa shape index (κ1) is 20.9. The highest BCUT2D eigenvalue weighted by atomic mass is 16.5. The predicted molar refractivity (Wildman–Crippen MR) is 110 cm³/mol. The molecule has 156 valence electrons. The van der Waals surface area contributed by atoms with E-state index in [1.807, 2.05) is 4.90 Å². The lowest BCUT2D eigenvalue weighted by Gasteiger charge is -2.33. The van der Waals surface area contributed by atoms with Gasteiger partial charge in [0.05, 0.1) is 7.11 Å². The number of rotatable bonds is 5. The fourth-order valence-corrected chi connectivity index (χ4v) is 4.02. The van der Waals surface area contributed by atoms with Crippen LogP contribution in [0, 0.1) is 5.92 Å². The maximum atomic E-state index is 13.4. The average molecular weight is 391 g/mol. The van der Waals surface area contributed by atoms with Gasteiger partial charge in [0, 0.05) is 64.0 Å². The predicted octanol–water partition coefficient (Wildman–Crippen LogP) is 1.15. The van der Waals surface area contributed by atoms with Crippen LogP contribution in [0.5, 0.6) is 5.75 Å². The van der Waals surface area contributed by atoms with Gasteiger partial charge in [-0.3, -0.25) is 9.59 Å². The van der Waals surface area contributed by atoms with E-state index >= 15 is 0 Å². The first-order valence-corrected chi connectivity index (χ1v) is 10.4. The number of piperazine rings is 1. The summed E-state index contributed by atoms with van der Waals surface area (Å²) < 4.78 is 7.28. The summed E-state index contributed by atoms with van der Waals surface area (Å²) in [7, 11) is 3.61. The number of ether oxygens (including phenoxy) is 1. The molecule has 0 aliphatic carbocycles. The second-order valence-electron chi connectivity index (χ2n) is 8.39. The van der Waals surface area contributed by atoms with Crippen molar-refractivity contribution in [1.29, 1.82) is 0 Å². The molecule has 28 heavy (non-hydrogen) atoms. The molecule has 0 radical (unpaired) electrons.